The Morgan fingerprint density at radius 3 is 2.90 bits per heavy atom. The van der Waals surface area contributed by atoms with Gasteiger partial charge in [0.1, 0.15) is 22.9 Å². The number of nitriles is 1. The van der Waals surface area contributed by atoms with E-state index in [2.05, 4.69) is 15.5 Å². The average molecular weight is 389 g/mol. The molecule has 0 aliphatic carbocycles. The van der Waals surface area contributed by atoms with E-state index < -0.39 is 5.56 Å². The zero-order valence-corrected chi connectivity index (χ0v) is 15.3. The normalized spacial score (nSPS) is 11.2. The molecule has 1 aromatic carbocycles. The first-order valence-corrected chi connectivity index (χ1v) is 8.62. The van der Waals surface area contributed by atoms with Crippen LogP contribution in [0.2, 0.25) is 0 Å². The SMILES string of the molecule is Cc1c(/C=N/Nc2nc3ccccc3o2)c(O)n(Cc2ccco2)c(=O)c1C#N. The van der Waals surface area contributed by atoms with Crippen LogP contribution >= 0.6 is 0 Å². The van der Waals surface area contributed by atoms with Crippen molar-refractivity contribution >= 4 is 23.3 Å². The van der Waals surface area contributed by atoms with Crippen LogP contribution in [0.15, 0.2) is 61.4 Å². The first kappa shape index (κ1) is 18.1. The number of furan rings is 1. The molecule has 3 aromatic heterocycles. The molecular weight excluding hydrogens is 374 g/mol. The Bertz CT molecular complexity index is 1280. The van der Waals surface area contributed by atoms with Crippen molar-refractivity contribution in [3.63, 3.8) is 0 Å². The third-order valence-electron chi connectivity index (χ3n) is 4.39. The van der Waals surface area contributed by atoms with Gasteiger partial charge in [-0.3, -0.25) is 9.36 Å². The Balaban J connectivity index is 1.69. The summed E-state index contributed by atoms with van der Waals surface area (Å²) < 4.78 is 11.8. The molecule has 4 aromatic rings. The Hall–Kier alpha value is -4.32. The highest BCUT2D eigenvalue weighted by Crippen LogP contribution is 2.22. The minimum absolute atomic E-state index is 0.0218. The van der Waals surface area contributed by atoms with Crippen molar-refractivity contribution in [3.8, 4) is 11.9 Å². The highest BCUT2D eigenvalue weighted by Gasteiger charge is 2.19. The molecule has 0 fully saturated rings. The second-order valence-electron chi connectivity index (χ2n) is 6.18. The maximum Gasteiger partial charge on any atom is 0.316 e. The molecule has 144 valence electrons. The Morgan fingerprint density at radius 2 is 2.17 bits per heavy atom. The van der Waals surface area contributed by atoms with Gasteiger partial charge in [-0.05, 0) is 36.8 Å². The smallest absolute Gasteiger partial charge is 0.316 e. The van der Waals surface area contributed by atoms with Gasteiger partial charge in [0.15, 0.2) is 5.58 Å². The van der Waals surface area contributed by atoms with E-state index in [1.54, 1.807) is 31.2 Å². The van der Waals surface area contributed by atoms with E-state index in [-0.39, 0.29) is 29.6 Å². The van der Waals surface area contributed by atoms with Crippen molar-refractivity contribution in [3.05, 3.63) is 75.5 Å². The van der Waals surface area contributed by atoms with Crippen molar-refractivity contribution in [2.45, 2.75) is 13.5 Å². The van der Waals surface area contributed by atoms with Gasteiger partial charge in [0.05, 0.1) is 24.6 Å². The molecule has 0 amide bonds. The predicted molar refractivity (Wildman–Crippen MR) is 105 cm³/mol. The van der Waals surface area contributed by atoms with Gasteiger partial charge < -0.3 is 13.9 Å². The van der Waals surface area contributed by atoms with Crippen LogP contribution in [0.1, 0.15) is 22.5 Å². The van der Waals surface area contributed by atoms with E-state index >= 15 is 0 Å². The molecule has 0 unspecified atom stereocenters. The Labute approximate surface area is 164 Å². The summed E-state index contributed by atoms with van der Waals surface area (Å²) in [5.74, 6) is 0.133. The zero-order chi connectivity index (χ0) is 20.4. The number of fused-ring (bicyclic) bond motifs is 1. The number of pyridine rings is 1. The molecule has 2 N–H and O–H groups in total. The largest absolute Gasteiger partial charge is 0.494 e. The van der Waals surface area contributed by atoms with Crippen LogP contribution in [-0.4, -0.2) is 20.9 Å². The lowest BCUT2D eigenvalue weighted by atomic mass is 10.1. The van der Waals surface area contributed by atoms with E-state index in [9.17, 15) is 15.2 Å². The summed E-state index contributed by atoms with van der Waals surface area (Å²) in [5, 5.41) is 24.1. The lowest BCUT2D eigenvalue weighted by Gasteiger charge is -2.12. The number of anilines is 1. The van der Waals surface area contributed by atoms with Gasteiger partial charge in [0.25, 0.3) is 5.56 Å². The number of para-hydroxylation sites is 2. The molecule has 0 saturated carbocycles. The minimum atomic E-state index is -0.608. The fourth-order valence-electron chi connectivity index (χ4n) is 2.90. The van der Waals surface area contributed by atoms with E-state index in [1.165, 1.54) is 12.5 Å². The molecule has 29 heavy (non-hydrogen) atoms. The fourth-order valence-corrected chi connectivity index (χ4v) is 2.90. The van der Waals surface area contributed by atoms with Gasteiger partial charge in [-0.15, -0.1) is 0 Å². The fraction of sp³-hybridized carbons (Fsp3) is 0.100. The maximum atomic E-state index is 12.6. The van der Waals surface area contributed by atoms with Crippen LogP contribution in [0.4, 0.5) is 6.01 Å². The molecular formula is C20H15N5O4. The van der Waals surface area contributed by atoms with Crippen LogP contribution in [0.5, 0.6) is 5.88 Å². The minimum Gasteiger partial charge on any atom is -0.494 e. The molecule has 0 bridgehead atoms. The molecule has 0 aliphatic heterocycles. The number of hydrogen-bond acceptors (Lipinski definition) is 8. The van der Waals surface area contributed by atoms with Crippen molar-refractivity contribution in [2.24, 2.45) is 5.10 Å². The zero-order valence-electron chi connectivity index (χ0n) is 15.3. The van der Waals surface area contributed by atoms with Crippen LogP contribution in [-0.2, 0) is 6.54 Å². The summed E-state index contributed by atoms with van der Waals surface area (Å²) in [6.45, 7) is 1.55. The van der Waals surface area contributed by atoms with Crippen LogP contribution in [0.25, 0.3) is 11.1 Å². The molecule has 9 nitrogen and oxygen atoms in total. The molecule has 0 aliphatic rings. The van der Waals surface area contributed by atoms with E-state index in [0.29, 0.717) is 22.4 Å². The number of hydrogen-bond donors (Lipinski definition) is 2. The number of nitrogens with zero attached hydrogens (tertiary/aromatic N) is 4. The number of aromatic hydroxyl groups is 1. The van der Waals surface area contributed by atoms with Gasteiger partial charge >= 0.3 is 6.01 Å². The van der Waals surface area contributed by atoms with E-state index in [4.69, 9.17) is 8.83 Å². The number of rotatable bonds is 5. The summed E-state index contributed by atoms with van der Waals surface area (Å²) in [5.41, 5.74) is 3.75. The second-order valence-corrected chi connectivity index (χ2v) is 6.18. The van der Waals surface area contributed by atoms with Crippen LogP contribution in [0, 0.1) is 18.3 Å². The quantitative estimate of drug-likeness (QED) is 0.396. The number of oxazole rings is 1. The number of benzene rings is 1. The van der Waals surface area contributed by atoms with Gasteiger partial charge in [0, 0.05) is 0 Å². The molecule has 0 spiro atoms. The predicted octanol–water partition coefficient (Wildman–Crippen LogP) is 2.96. The number of nitrogens with one attached hydrogen (secondary N) is 1. The number of aromatic nitrogens is 2. The standard InChI is InChI=1S/C20H15N5O4/c1-12-14(9-21)18(26)25(11-13-5-4-8-28-13)19(27)15(12)10-22-24-20-23-16-6-2-3-7-17(16)29-20/h2-8,10,27H,11H2,1H3,(H,23,24)/b22-10+. The van der Waals surface area contributed by atoms with E-state index in [1.807, 2.05) is 18.2 Å². The highest BCUT2D eigenvalue weighted by atomic mass is 16.4. The molecule has 4 rings (SSSR count). The summed E-state index contributed by atoms with van der Waals surface area (Å²) in [7, 11) is 0. The first-order valence-electron chi connectivity index (χ1n) is 8.62. The first-order chi connectivity index (χ1) is 14.1. The molecule has 0 saturated heterocycles. The van der Waals surface area contributed by atoms with Crippen molar-refractivity contribution in [2.75, 3.05) is 5.43 Å². The summed E-state index contributed by atoms with van der Waals surface area (Å²) in [4.78, 5) is 16.8. The van der Waals surface area contributed by atoms with Crippen LogP contribution < -0.4 is 11.0 Å². The van der Waals surface area contributed by atoms with Gasteiger partial charge in [0.2, 0.25) is 5.88 Å². The summed E-state index contributed by atoms with van der Waals surface area (Å²) in [6.07, 6.45) is 2.77. The lowest BCUT2D eigenvalue weighted by molar-refractivity contribution is 0.397. The molecule has 0 atom stereocenters. The lowest BCUT2D eigenvalue weighted by Crippen LogP contribution is -2.25. The maximum absolute atomic E-state index is 12.6. The average Bonchev–Trinajstić information content (AvgIpc) is 3.37. The van der Waals surface area contributed by atoms with Crippen LogP contribution in [0.3, 0.4) is 0 Å². The van der Waals surface area contributed by atoms with Crippen molar-refractivity contribution in [1.29, 1.82) is 5.26 Å². The monoisotopic (exact) mass is 389 g/mol. The third kappa shape index (κ3) is 3.35. The van der Waals surface area contributed by atoms with Gasteiger partial charge in [-0.1, -0.05) is 12.1 Å². The topological polar surface area (TPSA) is 130 Å². The Kier molecular flexibility index (Phi) is 4.58. The second kappa shape index (κ2) is 7.36. The van der Waals surface area contributed by atoms with Crippen molar-refractivity contribution < 1.29 is 13.9 Å². The number of hydrazone groups is 1. The van der Waals surface area contributed by atoms with E-state index in [0.717, 1.165) is 4.57 Å². The summed E-state index contributed by atoms with van der Waals surface area (Å²) >= 11 is 0. The van der Waals surface area contributed by atoms with Crippen molar-refractivity contribution in [1.82, 2.24) is 9.55 Å². The third-order valence-corrected chi connectivity index (χ3v) is 4.39. The highest BCUT2D eigenvalue weighted by molar-refractivity contribution is 5.86. The summed E-state index contributed by atoms with van der Waals surface area (Å²) in [6, 6.07) is 12.6. The molecule has 3 heterocycles. The molecule has 0 radical (unpaired) electrons. The van der Waals surface area contributed by atoms with Gasteiger partial charge in [-0.25, -0.2) is 5.43 Å². The Morgan fingerprint density at radius 1 is 1.34 bits per heavy atom. The van der Waals surface area contributed by atoms with Gasteiger partial charge in [-0.2, -0.15) is 15.3 Å². The molecule has 9 heteroatoms.